The van der Waals surface area contributed by atoms with Crippen LogP contribution in [0.4, 0.5) is 4.79 Å². The molecule has 0 spiro atoms. The lowest BCUT2D eigenvalue weighted by atomic mass is 10.2. The van der Waals surface area contributed by atoms with Crippen LogP contribution < -0.4 is 15.4 Å². The molecule has 0 aromatic heterocycles. The summed E-state index contributed by atoms with van der Waals surface area (Å²) in [5.74, 6) is 0.736. The van der Waals surface area contributed by atoms with E-state index in [2.05, 4.69) is 10.6 Å². The van der Waals surface area contributed by atoms with Crippen LogP contribution in [0.25, 0.3) is 0 Å². The lowest BCUT2D eigenvalue weighted by Gasteiger charge is -2.11. The van der Waals surface area contributed by atoms with E-state index in [1.807, 2.05) is 0 Å². The Bertz CT molecular complexity index is 433. The molecule has 2 amide bonds. The highest BCUT2D eigenvalue weighted by Crippen LogP contribution is 2.15. The lowest BCUT2D eigenvalue weighted by molar-refractivity contribution is 0.104. The Kier molecular flexibility index (Phi) is 6.63. The quantitative estimate of drug-likeness (QED) is 0.761. The van der Waals surface area contributed by atoms with Gasteiger partial charge in [0.2, 0.25) is 0 Å². The predicted octanol–water partition coefficient (Wildman–Crippen LogP) is 2.59. The molecule has 6 heteroatoms. The van der Waals surface area contributed by atoms with Gasteiger partial charge < -0.3 is 20.1 Å². The number of carbonyl (C=O) groups excluding carboxylic acids is 1. The van der Waals surface area contributed by atoms with Crippen LogP contribution in [0.5, 0.6) is 5.75 Å². The molecule has 1 heterocycles. The molecule has 2 N–H and O–H groups in total. The number of amides is 2. The van der Waals surface area contributed by atoms with Crippen LogP contribution in [0.2, 0.25) is 5.02 Å². The van der Waals surface area contributed by atoms with Crippen LogP contribution in [0, 0.1) is 0 Å². The van der Waals surface area contributed by atoms with Crippen molar-refractivity contribution >= 4 is 17.6 Å². The number of hydrogen-bond donors (Lipinski definition) is 2. The van der Waals surface area contributed by atoms with Gasteiger partial charge in [-0.3, -0.25) is 0 Å². The molecule has 0 bridgehead atoms. The standard InChI is InChI=1S/C15H21ClN2O3/c16-12-3-5-14(6-4-12)21-11-9-18-15(19)17-8-7-13-2-1-10-20-13/h3-6,13H,1-2,7-11H2,(H2,17,18,19). The van der Waals surface area contributed by atoms with E-state index in [0.717, 1.165) is 31.6 Å². The first-order valence-corrected chi connectivity index (χ1v) is 7.63. The Labute approximate surface area is 130 Å². The van der Waals surface area contributed by atoms with Gasteiger partial charge in [-0.1, -0.05) is 11.6 Å². The zero-order valence-corrected chi connectivity index (χ0v) is 12.7. The first-order valence-electron chi connectivity index (χ1n) is 7.26. The molecule has 1 unspecified atom stereocenters. The van der Waals surface area contributed by atoms with Gasteiger partial charge >= 0.3 is 6.03 Å². The molecule has 116 valence electrons. The van der Waals surface area contributed by atoms with E-state index in [-0.39, 0.29) is 6.03 Å². The highest BCUT2D eigenvalue weighted by atomic mass is 35.5. The summed E-state index contributed by atoms with van der Waals surface area (Å²) < 4.78 is 11.0. The third-order valence-corrected chi connectivity index (χ3v) is 3.50. The van der Waals surface area contributed by atoms with E-state index in [1.165, 1.54) is 0 Å². The number of hydrogen-bond acceptors (Lipinski definition) is 3. The molecule has 2 rings (SSSR count). The largest absolute Gasteiger partial charge is 0.492 e. The van der Waals surface area contributed by atoms with Gasteiger partial charge in [-0.25, -0.2) is 4.79 Å². The second kappa shape index (κ2) is 8.74. The molecule has 0 saturated carbocycles. The van der Waals surface area contributed by atoms with Gasteiger partial charge in [-0.15, -0.1) is 0 Å². The van der Waals surface area contributed by atoms with Crippen molar-refractivity contribution < 1.29 is 14.3 Å². The van der Waals surface area contributed by atoms with E-state index < -0.39 is 0 Å². The van der Waals surface area contributed by atoms with Gasteiger partial charge in [0.05, 0.1) is 12.6 Å². The number of halogens is 1. The van der Waals surface area contributed by atoms with Gasteiger partial charge in [0.1, 0.15) is 12.4 Å². The maximum atomic E-state index is 11.5. The summed E-state index contributed by atoms with van der Waals surface area (Å²) in [4.78, 5) is 11.5. The summed E-state index contributed by atoms with van der Waals surface area (Å²) in [6.45, 7) is 2.35. The summed E-state index contributed by atoms with van der Waals surface area (Å²) in [6.07, 6.45) is 3.39. The molecule has 5 nitrogen and oxygen atoms in total. The van der Waals surface area contributed by atoms with Crippen LogP contribution in [-0.4, -0.2) is 38.4 Å². The first kappa shape index (κ1) is 15.9. The summed E-state index contributed by atoms with van der Waals surface area (Å²) >= 11 is 5.78. The summed E-state index contributed by atoms with van der Waals surface area (Å²) in [6, 6.07) is 6.95. The highest BCUT2D eigenvalue weighted by molar-refractivity contribution is 6.30. The molecule has 21 heavy (non-hydrogen) atoms. The lowest BCUT2D eigenvalue weighted by Crippen LogP contribution is -2.38. The Morgan fingerprint density at radius 1 is 1.29 bits per heavy atom. The molecule has 1 aliphatic rings. The van der Waals surface area contributed by atoms with Gasteiger partial charge in [0.25, 0.3) is 0 Å². The zero-order valence-electron chi connectivity index (χ0n) is 11.9. The number of benzene rings is 1. The van der Waals surface area contributed by atoms with Crippen LogP contribution in [0.3, 0.4) is 0 Å². The van der Waals surface area contributed by atoms with Crippen molar-refractivity contribution in [1.82, 2.24) is 10.6 Å². The molecule has 0 radical (unpaired) electrons. The van der Waals surface area contributed by atoms with Crippen molar-refractivity contribution in [2.24, 2.45) is 0 Å². The Hall–Kier alpha value is -1.46. The van der Waals surface area contributed by atoms with Crippen LogP contribution in [-0.2, 0) is 4.74 Å². The highest BCUT2D eigenvalue weighted by Gasteiger charge is 2.14. The second-order valence-corrected chi connectivity index (χ2v) is 5.35. The Morgan fingerprint density at radius 2 is 2.05 bits per heavy atom. The third-order valence-electron chi connectivity index (χ3n) is 3.25. The van der Waals surface area contributed by atoms with Crippen molar-refractivity contribution in [2.45, 2.75) is 25.4 Å². The van der Waals surface area contributed by atoms with E-state index in [0.29, 0.717) is 30.8 Å². The van der Waals surface area contributed by atoms with Crippen molar-refractivity contribution in [3.05, 3.63) is 29.3 Å². The topological polar surface area (TPSA) is 59.6 Å². The third kappa shape index (κ3) is 6.23. The van der Waals surface area contributed by atoms with Crippen LogP contribution >= 0.6 is 11.6 Å². The van der Waals surface area contributed by atoms with E-state index in [4.69, 9.17) is 21.1 Å². The number of carbonyl (C=O) groups is 1. The molecular weight excluding hydrogens is 292 g/mol. The number of rotatable bonds is 7. The molecule has 1 fully saturated rings. The number of ether oxygens (including phenoxy) is 2. The molecule has 0 aliphatic carbocycles. The van der Waals surface area contributed by atoms with Gasteiger partial charge in [0, 0.05) is 18.2 Å². The SMILES string of the molecule is O=C(NCCOc1ccc(Cl)cc1)NCCC1CCCO1. The maximum absolute atomic E-state index is 11.5. The molecule has 1 atom stereocenters. The minimum atomic E-state index is -0.173. The first-order chi connectivity index (χ1) is 10.2. The Morgan fingerprint density at radius 3 is 2.76 bits per heavy atom. The van der Waals surface area contributed by atoms with E-state index in [1.54, 1.807) is 24.3 Å². The molecule has 1 aliphatic heterocycles. The minimum Gasteiger partial charge on any atom is -0.492 e. The summed E-state index contributed by atoms with van der Waals surface area (Å²) in [7, 11) is 0. The summed E-state index contributed by atoms with van der Waals surface area (Å²) in [5, 5.41) is 6.23. The predicted molar refractivity (Wildman–Crippen MR) is 81.9 cm³/mol. The number of nitrogens with one attached hydrogen (secondary N) is 2. The van der Waals surface area contributed by atoms with E-state index in [9.17, 15) is 4.79 Å². The van der Waals surface area contributed by atoms with Crippen molar-refractivity contribution in [2.75, 3.05) is 26.3 Å². The van der Waals surface area contributed by atoms with Gasteiger partial charge in [-0.05, 0) is 43.5 Å². The molecule has 1 saturated heterocycles. The van der Waals surface area contributed by atoms with Crippen LogP contribution in [0.1, 0.15) is 19.3 Å². The average molecular weight is 313 g/mol. The second-order valence-electron chi connectivity index (χ2n) is 4.91. The minimum absolute atomic E-state index is 0.173. The number of urea groups is 1. The fraction of sp³-hybridized carbons (Fsp3) is 0.533. The average Bonchev–Trinajstić information content (AvgIpc) is 2.99. The van der Waals surface area contributed by atoms with E-state index >= 15 is 0 Å². The molecule has 1 aromatic carbocycles. The molecular formula is C15H21ClN2O3. The smallest absolute Gasteiger partial charge is 0.314 e. The Balaban J connectivity index is 1.49. The normalized spacial score (nSPS) is 17.5. The van der Waals surface area contributed by atoms with Gasteiger partial charge in [-0.2, -0.15) is 0 Å². The fourth-order valence-corrected chi connectivity index (χ4v) is 2.27. The fourth-order valence-electron chi connectivity index (χ4n) is 2.15. The molecule has 1 aromatic rings. The monoisotopic (exact) mass is 312 g/mol. The van der Waals surface area contributed by atoms with Gasteiger partial charge in [0.15, 0.2) is 0 Å². The van der Waals surface area contributed by atoms with Crippen molar-refractivity contribution in [3.8, 4) is 5.75 Å². The maximum Gasteiger partial charge on any atom is 0.314 e. The zero-order chi connectivity index (χ0) is 14.9. The van der Waals surface area contributed by atoms with Crippen molar-refractivity contribution in [3.63, 3.8) is 0 Å². The summed E-state index contributed by atoms with van der Waals surface area (Å²) in [5.41, 5.74) is 0. The van der Waals surface area contributed by atoms with Crippen LogP contribution in [0.15, 0.2) is 24.3 Å². The van der Waals surface area contributed by atoms with Crippen molar-refractivity contribution in [1.29, 1.82) is 0 Å².